The molecular weight excluding hydrogens is 286 g/mol. The van der Waals surface area contributed by atoms with E-state index in [1.165, 1.54) is 6.26 Å². The quantitative estimate of drug-likeness (QED) is 0.942. The lowest BCUT2D eigenvalue weighted by molar-refractivity contribution is 0.414. The topological polar surface area (TPSA) is 69.4 Å². The second kappa shape index (κ2) is 5.87. The number of sulfone groups is 1. The van der Waals surface area contributed by atoms with Gasteiger partial charge in [0.15, 0.2) is 9.84 Å². The second-order valence-electron chi connectivity index (χ2n) is 5.04. The summed E-state index contributed by atoms with van der Waals surface area (Å²) in [5.74, 6) is 0.788. The Morgan fingerprint density at radius 1 is 1.10 bits per heavy atom. The van der Waals surface area contributed by atoms with Gasteiger partial charge < -0.3 is 10.5 Å². The van der Waals surface area contributed by atoms with Crippen molar-refractivity contribution >= 4 is 9.84 Å². The third-order valence-electron chi connectivity index (χ3n) is 3.48. The van der Waals surface area contributed by atoms with E-state index in [2.05, 4.69) is 0 Å². The van der Waals surface area contributed by atoms with Crippen LogP contribution < -0.4 is 10.5 Å². The van der Waals surface area contributed by atoms with Gasteiger partial charge in [0, 0.05) is 6.26 Å². The Morgan fingerprint density at radius 2 is 1.71 bits per heavy atom. The molecule has 0 bridgehead atoms. The molecule has 0 fully saturated rings. The van der Waals surface area contributed by atoms with Gasteiger partial charge in [0.05, 0.1) is 18.0 Å². The van der Waals surface area contributed by atoms with E-state index in [0.717, 1.165) is 22.4 Å². The molecule has 0 spiro atoms. The molecular formula is C16H19NO3S. The Labute approximate surface area is 125 Å². The van der Waals surface area contributed by atoms with E-state index in [1.807, 2.05) is 25.1 Å². The molecule has 0 heterocycles. The predicted molar refractivity (Wildman–Crippen MR) is 83.3 cm³/mol. The van der Waals surface area contributed by atoms with Crippen molar-refractivity contribution in [1.29, 1.82) is 0 Å². The van der Waals surface area contributed by atoms with Gasteiger partial charge in [-0.05, 0) is 47.9 Å². The highest BCUT2D eigenvalue weighted by atomic mass is 32.2. The van der Waals surface area contributed by atoms with Gasteiger partial charge in [0.2, 0.25) is 0 Å². The molecule has 0 saturated carbocycles. The maximum atomic E-state index is 11.5. The number of hydrogen-bond donors (Lipinski definition) is 1. The fourth-order valence-electron chi connectivity index (χ4n) is 2.23. The molecule has 5 heteroatoms. The molecule has 21 heavy (non-hydrogen) atoms. The minimum atomic E-state index is -3.18. The van der Waals surface area contributed by atoms with Crippen molar-refractivity contribution in [3.63, 3.8) is 0 Å². The second-order valence-corrected chi connectivity index (χ2v) is 7.06. The summed E-state index contributed by atoms with van der Waals surface area (Å²) < 4.78 is 28.1. The van der Waals surface area contributed by atoms with Gasteiger partial charge in [-0.2, -0.15) is 0 Å². The van der Waals surface area contributed by atoms with Crippen molar-refractivity contribution < 1.29 is 13.2 Å². The molecule has 0 aliphatic heterocycles. The molecule has 0 aromatic heterocycles. The van der Waals surface area contributed by atoms with Crippen LogP contribution in [0.15, 0.2) is 47.4 Å². The van der Waals surface area contributed by atoms with E-state index in [1.54, 1.807) is 31.4 Å². The zero-order valence-electron chi connectivity index (χ0n) is 12.3. The third kappa shape index (κ3) is 3.43. The maximum absolute atomic E-state index is 11.5. The number of ether oxygens (including phenoxy) is 1. The fourth-order valence-corrected chi connectivity index (χ4v) is 2.86. The van der Waals surface area contributed by atoms with Crippen molar-refractivity contribution in [2.45, 2.75) is 17.9 Å². The van der Waals surface area contributed by atoms with Crippen LogP contribution in [0.3, 0.4) is 0 Å². The third-order valence-corrected chi connectivity index (χ3v) is 4.61. The summed E-state index contributed by atoms with van der Waals surface area (Å²) in [4.78, 5) is 0.296. The Morgan fingerprint density at radius 3 is 2.19 bits per heavy atom. The maximum Gasteiger partial charge on any atom is 0.175 e. The van der Waals surface area contributed by atoms with Crippen LogP contribution in [0.4, 0.5) is 0 Å². The number of aryl methyl sites for hydroxylation is 1. The Balaban J connectivity index is 2.34. The number of rotatable bonds is 4. The largest absolute Gasteiger partial charge is 0.497 e. The number of hydrogen-bond acceptors (Lipinski definition) is 4. The SMILES string of the molecule is COc1ccc(C(N)c2ccc(S(C)(=O)=O)cc2)c(C)c1. The van der Waals surface area contributed by atoms with Gasteiger partial charge in [-0.1, -0.05) is 18.2 Å². The molecule has 0 aliphatic carbocycles. The summed E-state index contributed by atoms with van der Waals surface area (Å²) in [6.07, 6.45) is 1.19. The monoisotopic (exact) mass is 305 g/mol. The summed E-state index contributed by atoms with van der Waals surface area (Å²) in [7, 11) is -1.56. The van der Waals surface area contributed by atoms with Crippen molar-refractivity contribution in [3.05, 3.63) is 59.2 Å². The molecule has 2 aromatic rings. The summed E-state index contributed by atoms with van der Waals surface area (Å²) in [5, 5.41) is 0. The lowest BCUT2D eigenvalue weighted by Crippen LogP contribution is -2.13. The molecule has 0 amide bonds. The summed E-state index contributed by atoms with van der Waals surface area (Å²) in [5.41, 5.74) is 9.17. The van der Waals surface area contributed by atoms with Crippen LogP contribution in [0.25, 0.3) is 0 Å². The van der Waals surface area contributed by atoms with Gasteiger partial charge in [0.1, 0.15) is 5.75 Å². The highest BCUT2D eigenvalue weighted by Crippen LogP contribution is 2.26. The summed E-state index contributed by atoms with van der Waals surface area (Å²) in [6, 6.07) is 12.1. The van der Waals surface area contributed by atoms with Crippen LogP contribution in [0.5, 0.6) is 5.75 Å². The van der Waals surface area contributed by atoms with Crippen molar-refractivity contribution in [3.8, 4) is 5.75 Å². The van der Waals surface area contributed by atoms with Crippen LogP contribution in [-0.4, -0.2) is 21.8 Å². The van der Waals surface area contributed by atoms with Crippen LogP contribution in [0.1, 0.15) is 22.7 Å². The van der Waals surface area contributed by atoms with Gasteiger partial charge in [-0.25, -0.2) is 8.42 Å². The Bertz CT molecular complexity index is 737. The van der Waals surface area contributed by atoms with Gasteiger partial charge >= 0.3 is 0 Å². The zero-order valence-corrected chi connectivity index (χ0v) is 13.1. The minimum absolute atomic E-state index is 0.296. The van der Waals surface area contributed by atoms with Crippen molar-refractivity contribution in [2.75, 3.05) is 13.4 Å². The average molecular weight is 305 g/mol. The van der Waals surface area contributed by atoms with Crippen LogP contribution >= 0.6 is 0 Å². The number of methoxy groups -OCH3 is 1. The lowest BCUT2D eigenvalue weighted by atomic mass is 9.96. The highest BCUT2D eigenvalue weighted by molar-refractivity contribution is 7.90. The first-order valence-electron chi connectivity index (χ1n) is 6.53. The van der Waals surface area contributed by atoms with E-state index >= 15 is 0 Å². The van der Waals surface area contributed by atoms with Crippen LogP contribution in [-0.2, 0) is 9.84 Å². The molecule has 2 N–H and O–H groups in total. The molecule has 0 radical (unpaired) electrons. The van der Waals surface area contributed by atoms with E-state index in [0.29, 0.717) is 4.90 Å². The van der Waals surface area contributed by atoms with E-state index in [9.17, 15) is 8.42 Å². The molecule has 1 unspecified atom stereocenters. The van der Waals surface area contributed by atoms with Crippen LogP contribution in [0, 0.1) is 6.92 Å². The molecule has 112 valence electrons. The standard InChI is InChI=1S/C16H19NO3S/c1-11-10-13(20-2)6-9-15(11)16(17)12-4-7-14(8-5-12)21(3,18)19/h4-10,16H,17H2,1-3H3. The van der Waals surface area contributed by atoms with Gasteiger partial charge in [-0.3, -0.25) is 0 Å². The Kier molecular flexibility index (Phi) is 4.34. The van der Waals surface area contributed by atoms with E-state index in [-0.39, 0.29) is 6.04 Å². The lowest BCUT2D eigenvalue weighted by Gasteiger charge is -2.16. The first-order chi connectivity index (χ1) is 9.82. The fraction of sp³-hybridized carbons (Fsp3) is 0.250. The van der Waals surface area contributed by atoms with E-state index < -0.39 is 9.84 Å². The number of benzene rings is 2. The smallest absolute Gasteiger partial charge is 0.175 e. The minimum Gasteiger partial charge on any atom is -0.497 e. The zero-order chi connectivity index (χ0) is 15.6. The predicted octanol–water partition coefficient (Wildman–Crippen LogP) is 2.46. The van der Waals surface area contributed by atoms with Gasteiger partial charge in [0.25, 0.3) is 0 Å². The molecule has 2 rings (SSSR count). The average Bonchev–Trinajstić information content (AvgIpc) is 2.45. The Hall–Kier alpha value is -1.85. The highest BCUT2D eigenvalue weighted by Gasteiger charge is 2.13. The van der Waals surface area contributed by atoms with E-state index in [4.69, 9.17) is 10.5 Å². The summed E-state index contributed by atoms with van der Waals surface area (Å²) in [6.45, 7) is 1.97. The normalized spacial score (nSPS) is 13.0. The molecule has 4 nitrogen and oxygen atoms in total. The molecule has 0 saturated heterocycles. The molecule has 0 aliphatic rings. The van der Waals surface area contributed by atoms with Crippen molar-refractivity contribution in [2.24, 2.45) is 5.73 Å². The summed E-state index contributed by atoms with van der Waals surface area (Å²) >= 11 is 0. The van der Waals surface area contributed by atoms with Gasteiger partial charge in [-0.15, -0.1) is 0 Å². The van der Waals surface area contributed by atoms with Crippen LogP contribution in [0.2, 0.25) is 0 Å². The molecule has 2 aromatic carbocycles. The molecule has 1 atom stereocenters. The van der Waals surface area contributed by atoms with Crippen molar-refractivity contribution in [1.82, 2.24) is 0 Å². The first-order valence-corrected chi connectivity index (χ1v) is 8.42. The number of nitrogens with two attached hydrogens (primary N) is 1. The first kappa shape index (κ1) is 15.5.